The Labute approximate surface area is 118 Å². The zero-order chi connectivity index (χ0) is 14.4. The molecule has 104 valence electrons. The van der Waals surface area contributed by atoms with Crippen LogP contribution >= 0.6 is 0 Å². The molecule has 0 aliphatic carbocycles. The summed E-state index contributed by atoms with van der Waals surface area (Å²) in [4.78, 5) is 10.7. The average Bonchev–Trinajstić information content (AvgIpc) is 2.48. The van der Waals surface area contributed by atoms with Gasteiger partial charge < -0.3 is 5.32 Å². The Morgan fingerprint density at radius 3 is 2.40 bits per heavy atom. The molecular weight excluding hydrogens is 252 g/mol. The molecule has 0 radical (unpaired) electrons. The van der Waals surface area contributed by atoms with Crippen LogP contribution in [0.2, 0.25) is 0 Å². The highest BCUT2D eigenvalue weighted by molar-refractivity contribution is 5.62. The minimum atomic E-state index is -0.351. The summed E-state index contributed by atoms with van der Waals surface area (Å²) in [6.45, 7) is 2.11. The molecule has 0 bridgehead atoms. The van der Waals surface area contributed by atoms with Crippen molar-refractivity contribution in [1.29, 1.82) is 0 Å². The van der Waals surface area contributed by atoms with Crippen molar-refractivity contribution in [2.24, 2.45) is 0 Å². The number of para-hydroxylation sites is 2. The van der Waals surface area contributed by atoms with E-state index < -0.39 is 0 Å². The van der Waals surface area contributed by atoms with Gasteiger partial charge in [-0.2, -0.15) is 0 Å². The lowest BCUT2D eigenvalue weighted by Gasteiger charge is -2.19. The Morgan fingerprint density at radius 2 is 1.75 bits per heavy atom. The third-order valence-electron chi connectivity index (χ3n) is 3.21. The van der Waals surface area contributed by atoms with Crippen LogP contribution in [-0.2, 0) is 0 Å². The number of nitro groups is 1. The molecule has 4 heteroatoms. The quantitative estimate of drug-likeness (QED) is 0.619. The number of rotatable bonds is 6. The molecule has 1 atom stereocenters. The second-order valence-electron chi connectivity index (χ2n) is 4.67. The summed E-state index contributed by atoms with van der Waals surface area (Å²) in [6.07, 6.45) is 1.93. The van der Waals surface area contributed by atoms with Crippen molar-refractivity contribution in [2.75, 3.05) is 5.32 Å². The maximum absolute atomic E-state index is 11.1. The van der Waals surface area contributed by atoms with Crippen molar-refractivity contribution in [1.82, 2.24) is 0 Å². The van der Waals surface area contributed by atoms with Gasteiger partial charge in [0.05, 0.1) is 11.0 Å². The molecule has 2 aromatic rings. The lowest BCUT2D eigenvalue weighted by Crippen LogP contribution is -2.11. The number of benzene rings is 2. The molecule has 0 saturated carbocycles. The van der Waals surface area contributed by atoms with Gasteiger partial charge >= 0.3 is 0 Å². The van der Waals surface area contributed by atoms with Gasteiger partial charge in [-0.3, -0.25) is 10.1 Å². The summed E-state index contributed by atoms with van der Waals surface area (Å²) in [6, 6.07) is 16.9. The highest BCUT2D eigenvalue weighted by Gasteiger charge is 2.17. The van der Waals surface area contributed by atoms with Crippen molar-refractivity contribution in [3.8, 4) is 0 Å². The van der Waals surface area contributed by atoms with E-state index in [9.17, 15) is 10.1 Å². The largest absolute Gasteiger partial charge is 0.373 e. The maximum Gasteiger partial charge on any atom is 0.292 e. The first-order chi connectivity index (χ1) is 9.72. The Kier molecular flexibility index (Phi) is 4.71. The fourth-order valence-electron chi connectivity index (χ4n) is 2.24. The zero-order valence-electron chi connectivity index (χ0n) is 11.5. The molecule has 1 N–H and O–H groups in total. The number of nitrogens with zero attached hydrogens (tertiary/aromatic N) is 1. The molecule has 4 nitrogen and oxygen atoms in total. The number of hydrogen-bond acceptors (Lipinski definition) is 3. The summed E-state index contributed by atoms with van der Waals surface area (Å²) < 4.78 is 0. The Bertz CT molecular complexity index is 570. The molecule has 0 aliphatic rings. The molecular formula is C16H18N2O2. The van der Waals surface area contributed by atoms with Gasteiger partial charge in [0, 0.05) is 6.07 Å². The predicted molar refractivity (Wildman–Crippen MR) is 80.8 cm³/mol. The first-order valence-electron chi connectivity index (χ1n) is 6.77. The van der Waals surface area contributed by atoms with Crippen LogP contribution in [0.25, 0.3) is 0 Å². The van der Waals surface area contributed by atoms with E-state index >= 15 is 0 Å². The summed E-state index contributed by atoms with van der Waals surface area (Å²) in [7, 11) is 0. The van der Waals surface area contributed by atoms with Gasteiger partial charge in [-0.15, -0.1) is 0 Å². The van der Waals surface area contributed by atoms with E-state index in [2.05, 4.69) is 12.2 Å². The van der Waals surface area contributed by atoms with E-state index in [1.54, 1.807) is 12.1 Å². The second-order valence-corrected chi connectivity index (χ2v) is 4.67. The van der Waals surface area contributed by atoms with Crippen LogP contribution in [0.4, 0.5) is 11.4 Å². The van der Waals surface area contributed by atoms with Gasteiger partial charge in [-0.1, -0.05) is 55.8 Å². The van der Waals surface area contributed by atoms with E-state index in [1.165, 1.54) is 6.07 Å². The lowest BCUT2D eigenvalue weighted by molar-refractivity contribution is -0.384. The molecule has 0 spiro atoms. The van der Waals surface area contributed by atoms with E-state index in [1.807, 2.05) is 36.4 Å². The van der Waals surface area contributed by atoms with Crippen LogP contribution in [-0.4, -0.2) is 4.92 Å². The summed E-state index contributed by atoms with van der Waals surface area (Å²) >= 11 is 0. The predicted octanol–water partition coefficient (Wildman–Crippen LogP) is 4.55. The average molecular weight is 270 g/mol. The highest BCUT2D eigenvalue weighted by atomic mass is 16.6. The van der Waals surface area contributed by atoms with Gasteiger partial charge in [-0.25, -0.2) is 0 Å². The van der Waals surface area contributed by atoms with Crippen molar-refractivity contribution >= 4 is 11.4 Å². The molecule has 2 rings (SSSR count). The van der Waals surface area contributed by atoms with Gasteiger partial charge in [0.25, 0.3) is 5.69 Å². The molecule has 0 fully saturated rings. The van der Waals surface area contributed by atoms with Gasteiger partial charge in [0.15, 0.2) is 0 Å². The van der Waals surface area contributed by atoms with Gasteiger partial charge in [-0.05, 0) is 18.1 Å². The Balaban J connectivity index is 2.27. The van der Waals surface area contributed by atoms with Gasteiger partial charge in [0.2, 0.25) is 0 Å². The fraction of sp³-hybridized carbons (Fsp3) is 0.250. The van der Waals surface area contributed by atoms with E-state index in [0.717, 1.165) is 18.4 Å². The summed E-state index contributed by atoms with van der Waals surface area (Å²) in [5.41, 5.74) is 1.83. The van der Waals surface area contributed by atoms with Crippen LogP contribution < -0.4 is 5.32 Å². The summed E-state index contributed by atoms with van der Waals surface area (Å²) in [5.74, 6) is 0. The van der Waals surface area contributed by atoms with Crippen molar-refractivity contribution in [2.45, 2.75) is 25.8 Å². The Morgan fingerprint density at radius 1 is 1.10 bits per heavy atom. The first kappa shape index (κ1) is 14.1. The lowest BCUT2D eigenvalue weighted by atomic mass is 10.0. The molecule has 0 aliphatic heterocycles. The van der Waals surface area contributed by atoms with Crippen molar-refractivity contribution in [3.63, 3.8) is 0 Å². The topological polar surface area (TPSA) is 55.2 Å². The third kappa shape index (κ3) is 3.35. The molecule has 2 aromatic carbocycles. The van der Waals surface area contributed by atoms with Crippen molar-refractivity contribution in [3.05, 3.63) is 70.3 Å². The molecule has 0 amide bonds. The highest BCUT2D eigenvalue weighted by Crippen LogP contribution is 2.29. The van der Waals surface area contributed by atoms with Crippen LogP contribution in [0, 0.1) is 10.1 Å². The molecule has 0 heterocycles. The smallest absolute Gasteiger partial charge is 0.292 e. The summed E-state index contributed by atoms with van der Waals surface area (Å²) in [5, 5.41) is 14.4. The van der Waals surface area contributed by atoms with E-state index in [4.69, 9.17) is 0 Å². The Hall–Kier alpha value is -2.36. The third-order valence-corrected chi connectivity index (χ3v) is 3.21. The second kappa shape index (κ2) is 6.70. The standard InChI is InChI=1S/C16H18N2O2/c1-2-8-14(13-9-4-3-5-10-13)17-15-11-6-7-12-16(15)18(19)20/h3-7,9-12,14,17H,2,8H2,1H3. The zero-order valence-corrected chi connectivity index (χ0v) is 11.5. The van der Waals surface area contributed by atoms with Crippen molar-refractivity contribution < 1.29 is 4.92 Å². The number of hydrogen-bond donors (Lipinski definition) is 1. The number of nitrogens with one attached hydrogen (secondary N) is 1. The maximum atomic E-state index is 11.1. The van der Waals surface area contributed by atoms with Crippen LogP contribution in [0.15, 0.2) is 54.6 Å². The minimum absolute atomic E-state index is 0.0855. The minimum Gasteiger partial charge on any atom is -0.373 e. The molecule has 0 saturated heterocycles. The normalized spacial score (nSPS) is 11.8. The van der Waals surface area contributed by atoms with Crippen LogP contribution in [0.5, 0.6) is 0 Å². The van der Waals surface area contributed by atoms with Gasteiger partial charge in [0.1, 0.15) is 5.69 Å². The molecule has 1 unspecified atom stereocenters. The van der Waals surface area contributed by atoms with E-state index in [-0.39, 0.29) is 16.7 Å². The first-order valence-corrected chi connectivity index (χ1v) is 6.77. The fourth-order valence-corrected chi connectivity index (χ4v) is 2.24. The number of anilines is 1. The molecule has 0 aromatic heterocycles. The van der Waals surface area contributed by atoms with Crippen LogP contribution in [0.1, 0.15) is 31.4 Å². The SMILES string of the molecule is CCCC(Nc1ccccc1[N+](=O)[O-])c1ccccc1. The molecule has 20 heavy (non-hydrogen) atoms. The van der Waals surface area contributed by atoms with E-state index in [0.29, 0.717) is 5.69 Å². The monoisotopic (exact) mass is 270 g/mol. The number of nitro benzene ring substituents is 1. The van der Waals surface area contributed by atoms with Crippen LogP contribution in [0.3, 0.4) is 0 Å².